The van der Waals surface area contributed by atoms with Crippen LogP contribution in [0, 0.1) is 5.92 Å². The van der Waals surface area contributed by atoms with Gasteiger partial charge in [-0.2, -0.15) is 0 Å². The SMILES string of the molecule is CCC1CCCCC1OC(c1cccs1)C(C)N. The first kappa shape index (κ1) is 14.0. The van der Waals surface area contributed by atoms with Crippen LogP contribution < -0.4 is 5.73 Å². The van der Waals surface area contributed by atoms with Crippen molar-refractivity contribution in [3.63, 3.8) is 0 Å². The van der Waals surface area contributed by atoms with Crippen molar-refractivity contribution < 1.29 is 4.74 Å². The first-order chi connectivity index (χ1) is 8.72. The molecule has 1 aromatic heterocycles. The third kappa shape index (κ3) is 3.34. The van der Waals surface area contributed by atoms with Crippen molar-refractivity contribution in [2.45, 2.75) is 64.2 Å². The molecule has 1 heterocycles. The standard InChI is InChI=1S/C15H25NOS/c1-3-12-7-4-5-8-13(12)17-15(11(2)16)14-9-6-10-18-14/h6,9-13,15H,3-5,7-8,16H2,1-2H3. The molecule has 1 aromatic rings. The monoisotopic (exact) mass is 267 g/mol. The Morgan fingerprint density at radius 1 is 1.44 bits per heavy atom. The molecule has 0 amide bonds. The van der Waals surface area contributed by atoms with Crippen LogP contribution in [0.1, 0.15) is 56.9 Å². The molecule has 1 saturated carbocycles. The number of nitrogens with two attached hydrogens (primary N) is 1. The van der Waals surface area contributed by atoms with Crippen molar-refractivity contribution in [2.75, 3.05) is 0 Å². The Hall–Kier alpha value is -0.380. The normalized spacial score (nSPS) is 27.9. The molecule has 0 radical (unpaired) electrons. The summed E-state index contributed by atoms with van der Waals surface area (Å²) in [5, 5.41) is 2.10. The maximum Gasteiger partial charge on any atom is 0.107 e. The summed E-state index contributed by atoms with van der Waals surface area (Å²) in [5.74, 6) is 0.722. The molecule has 18 heavy (non-hydrogen) atoms. The average Bonchev–Trinajstić information content (AvgIpc) is 2.89. The minimum atomic E-state index is 0.0584. The zero-order valence-electron chi connectivity index (χ0n) is 11.5. The molecule has 2 N–H and O–H groups in total. The topological polar surface area (TPSA) is 35.2 Å². The molecule has 3 heteroatoms. The van der Waals surface area contributed by atoms with Gasteiger partial charge in [-0.3, -0.25) is 0 Å². The van der Waals surface area contributed by atoms with Crippen molar-refractivity contribution in [1.82, 2.24) is 0 Å². The van der Waals surface area contributed by atoms with Crippen molar-refractivity contribution in [1.29, 1.82) is 0 Å². The third-order valence-corrected chi connectivity index (χ3v) is 4.92. The quantitative estimate of drug-likeness (QED) is 0.871. The van der Waals surface area contributed by atoms with Crippen LogP contribution >= 0.6 is 11.3 Å². The summed E-state index contributed by atoms with van der Waals surface area (Å²) >= 11 is 1.75. The van der Waals surface area contributed by atoms with Gasteiger partial charge in [-0.15, -0.1) is 11.3 Å². The molecule has 102 valence electrons. The van der Waals surface area contributed by atoms with Crippen molar-refractivity contribution in [2.24, 2.45) is 11.7 Å². The molecule has 0 spiro atoms. The third-order valence-electron chi connectivity index (χ3n) is 3.99. The van der Waals surface area contributed by atoms with Gasteiger partial charge in [-0.1, -0.05) is 32.3 Å². The summed E-state index contributed by atoms with van der Waals surface area (Å²) in [6.45, 7) is 4.33. The minimum absolute atomic E-state index is 0.0584. The number of rotatable bonds is 5. The van der Waals surface area contributed by atoms with Gasteiger partial charge in [0, 0.05) is 10.9 Å². The van der Waals surface area contributed by atoms with Gasteiger partial charge in [-0.05, 0) is 37.1 Å². The molecule has 0 bridgehead atoms. The summed E-state index contributed by atoms with van der Waals surface area (Å²) in [7, 11) is 0. The highest BCUT2D eigenvalue weighted by Gasteiger charge is 2.29. The highest BCUT2D eigenvalue weighted by molar-refractivity contribution is 7.10. The van der Waals surface area contributed by atoms with Gasteiger partial charge in [0.25, 0.3) is 0 Å². The van der Waals surface area contributed by atoms with E-state index < -0.39 is 0 Å². The lowest BCUT2D eigenvalue weighted by Crippen LogP contribution is -2.34. The van der Waals surface area contributed by atoms with E-state index in [2.05, 4.69) is 24.4 Å². The number of hydrogen-bond acceptors (Lipinski definition) is 3. The van der Waals surface area contributed by atoms with Crippen LogP contribution in [0.15, 0.2) is 17.5 Å². The van der Waals surface area contributed by atoms with Crippen LogP contribution in [-0.4, -0.2) is 12.1 Å². The lowest BCUT2D eigenvalue weighted by molar-refractivity contribution is -0.0686. The van der Waals surface area contributed by atoms with Gasteiger partial charge in [0.05, 0.1) is 6.10 Å². The van der Waals surface area contributed by atoms with Gasteiger partial charge < -0.3 is 10.5 Å². The van der Waals surface area contributed by atoms with E-state index in [1.54, 1.807) is 11.3 Å². The van der Waals surface area contributed by atoms with Crippen LogP contribution in [0.4, 0.5) is 0 Å². The second-order valence-electron chi connectivity index (χ2n) is 5.42. The summed E-state index contributed by atoms with van der Waals surface area (Å²) in [6, 6.07) is 4.28. The van der Waals surface area contributed by atoms with Crippen molar-refractivity contribution in [3.8, 4) is 0 Å². The van der Waals surface area contributed by atoms with E-state index in [9.17, 15) is 0 Å². The van der Waals surface area contributed by atoms with Crippen LogP contribution in [0.25, 0.3) is 0 Å². The maximum atomic E-state index is 6.39. The van der Waals surface area contributed by atoms with Gasteiger partial charge in [-0.25, -0.2) is 0 Å². The molecule has 1 fully saturated rings. The largest absolute Gasteiger partial charge is 0.368 e. The molecule has 0 aromatic carbocycles. The first-order valence-electron chi connectivity index (χ1n) is 7.16. The zero-order chi connectivity index (χ0) is 13.0. The lowest BCUT2D eigenvalue weighted by Gasteiger charge is -2.34. The fourth-order valence-corrected chi connectivity index (χ4v) is 3.79. The Kier molecular flexibility index (Phi) is 5.22. The number of thiophene rings is 1. The molecular formula is C15H25NOS. The van der Waals surface area contributed by atoms with E-state index in [1.807, 2.05) is 6.92 Å². The fourth-order valence-electron chi connectivity index (χ4n) is 2.91. The van der Waals surface area contributed by atoms with Crippen LogP contribution in [0.2, 0.25) is 0 Å². The number of hydrogen-bond donors (Lipinski definition) is 1. The van der Waals surface area contributed by atoms with Crippen molar-refractivity contribution in [3.05, 3.63) is 22.4 Å². The molecule has 1 aliphatic rings. The number of ether oxygens (including phenoxy) is 1. The minimum Gasteiger partial charge on any atom is -0.368 e. The van der Waals surface area contributed by atoms with Gasteiger partial charge in [0.1, 0.15) is 6.10 Å². The highest BCUT2D eigenvalue weighted by Crippen LogP contribution is 2.34. The Morgan fingerprint density at radius 3 is 2.83 bits per heavy atom. The van der Waals surface area contributed by atoms with Crippen molar-refractivity contribution >= 4 is 11.3 Å². The lowest BCUT2D eigenvalue weighted by atomic mass is 9.84. The Balaban J connectivity index is 2.04. The van der Waals surface area contributed by atoms with Gasteiger partial charge in [0.15, 0.2) is 0 Å². The van der Waals surface area contributed by atoms with E-state index in [0.29, 0.717) is 6.10 Å². The molecule has 2 rings (SSSR count). The predicted molar refractivity (Wildman–Crippen MR) is 77.8 cm³/mol. The van der Waals surface area contributed by atoms with E-state index in [1.165, 1.54) is 37.0 Å². The summed E-state index contributed by atoms with van der Waals surface area (Å²) < 4.78 is 6.39. The highest BCUT2D eigenvalue weighted by atomic mass is 32.1. The summed E-state index contributed by atoms with van der Waals surface area (Å²) in [5.41, 5.74) is 6.11. The van der Waals surface area contributed by atoms with Crippen LogP contribution in [-0.2, 0) is 4.74 Å². The summed E-state index contributed by atoms with van der Waals surface area (Å²) in [4.78, 5) is 1.27. The van der Waals surface area contributed by atoms with Gasteiger partial charge >= 0.3 is 0 Å². The predicted octanol–water partition coefficient (Wildman–Crippen LogP) is 4.12. The van der Waals surface area contributed by atoms with Crippen LogP contribution in [0.3, 0.4) is 0 Å². The van der Waals surface area contributed by atoms with E-state index >= 15 is 0 Å². The molecule has 2 nitrogen and oxygen atoms in total. The molecular weight excluding hydrogens is 242 g/mol. The second-order valence-corrected chi connectivity index (χ2v) is 6.40. The van der Waals surface area contributed by atoms with E-state index in [0.717, 1.165) is 5.92 Å². The molecule has 4 unspecified atom stereocenters. The fraction of sp³-hybridized carbons (Fsp3) is 0.733. The first-order valence-corrected chi connectivity index (χ1v) is 8.04. The molecule has 4 atom stereocenters. The zero-order valence-corrected chi connectivity index (χ0v) is 12.3. The summed E-state index contributed by atoms with van der Waals surface area (Å²) in [6.07, 6.45) is 6.88. The van der Waals surface area contributed by atoms with Gasteiger partial charge in [0.2, 0.25) is 0 Å². The molecule has 0 saturated heterocycles. The van der Waals surface area contributed by atoms with Crippen LogP contribution in [0.5, 0.6) is 0 Å². The maximum absolute atomic E-state index is 6.39. The van der Waals surface area contributed by atoms with E-state index in [4.69, 9.17) is 10.5 Å². The molecule has 0 aliphatic heterocycles. The molecule has 1 aliphatic carbocycles. The smallest absolute Gasteiger partial charge is 0.107 e. The average molecular weight is 267 g/mol. The Labute approximate surface area is 115 Å². The second kappa shape index (κ2) is 6.69. The van der Waals surface area contributed by atoms with E-state index in [-0.39, 0.29) is 12.1 Å². The Morgan fingerprint density at radius 2 is 2.22 bits per heavy atom. The Bertz CT molecular complexity index is 336.